The number of aliphatic hydroxyl groups is 1. The van der Waals surface area contributed by atoms with Crippen molar-refractivity contribution in [3.8, 4) is 11.5 Å². The second-order valence-electron chi connectivity index (χ2n) is 4.37. The SMILES string of the molecule is OCc1cc2c(cc1Br)OC1(CCCC1)O2. The molecule has 4 heteroatoms. The first-order chi connectivity index (χ1) is 7.72. The molecule has 3 nitrogen and oxygen atoms in total. The lowest BCUT2D eigenvalue weighted by Gasteiger charge is -2.21. The van der Waals surface area contributed by atoms with Crippen LogP contribution in [-0.2, 0) is 6.61 Å². The molecular formula is C12H13BrO3. The molecule has 1 aromatic carbocycles. The predicted molar refractivity (Wildman–Crippen MR) is 62.5 cm³/mol. The van der Waals surface area contributed by atoms with Gasteiger partial charge in [0.1, 0.15) is 0 Å². The van der Waals surface area contributed by atoms with Crippen LogP contribution in [0, 0.1) is 0 Å². The van der Waals surface area contributed by atoms with Crippen LogP contribution in [0.25, 0.3) is 0 Å². The van der Waals surface area contributed by atoms with Crippen molar-refractivity contribution in [2.75, 3.05) is 0 Å². The molecule has 0 aromatic heterocycles. The topological polar surface area (TPSA) is 38.7 Å². The Morgan fingerprint density at radius 1 is 1.19 bits per heavy atom. The first-order valence-electron chi connectivity index (χ1n) is 5.54. The van der Waals surface area contributed by atoms with Gasteiger partial charge in [0.25, 0.3) is 5.79 Å². The average Bonchev–Trinajstić information content (AvgIpc) is 2.84. The van der Waals surface area contributed by atoms with Crippen molar-refractivity contribution in [1.82, 2.24) is 0 Å². The van der Waals surface area contributed by atoms with Gasteiger partial charge in [-0.2, -0.15) is 0 Å². The van der Waals surface area contributed by atoms with E-state index in [2.05, 4.69) is 15.9 Å². The van der Waals surface area contributed by atoms with E-state index in [4.69, 9.17) is 9.47 Å². The molecule has 1 N–H and O–H groups in total. The fourth-order valence-electron chi connectivity index (χ4n) is 2.40. The van der Waals surface area contributed by atoms with Gasteiger partial charge in [-0.15, -0.1) is 0 Å². The average molecular weight is 285 g/mol. The number of benzene rings is 1. The maximum Gasteiger partial charge on any atom is 0.251 e. The van der Waals surface area contributed by atoms with Crippen molar-refractivity contribution in [3.05, 3.63) is 22.2 Å². The summed E-state index contributed by atoms with van der Waals surface area (Å²) in [6.45, 7) is 0.00419. The maximum atomic E-state index is 9.18. The van der Waals surface area contributed by atoms with Crippen LogP contribution in [-0.4, -0.2) is 10.9 Å². The highest BCUT2D eigenvalue weighted by molar-refractivity contribution is 9.10. The van der Waals surface area contributed by atoms with Gasteiger partial charge >= 0.3 is 0 Å². The molecular weight excluding hydrogens is 272 g/mol. The Balaban J connectivity index is 1.97. The van der Waals surface area contributed by atoms with Crippen LogP contribution in [0.4, 0.5) is 0 Å². The third kappa shape index (κ3) is 1.52. The molecule has 1 saturated carbocycles. The third-order valence-electron chi connectivity index (χ3n) is 3.24. The van der Waals surface area contributed by atoms with Crippen molar-refractivity contribution >= 4 is 15.9 Å². The van der Waals surface area contributed by atoms with Crippen LogP contribution in [0.1, 0.15) is 31.2 Å². The van der Waals surface area contributed by atoms with E-state index in [1.54, 1.807) is 0 Å². The van der Waals surface area contributed by atoms with Crippen LogP contribution in [0.2, 0.25) is 0 Å². The van der Waals surface area contributed by atoms with E-state index >= 15 is 0 Å². The summed E-state index contributed by atoms with van der Waals surface area (Å²) in [5, 5.41) is 9.18. The van der Waals surface area contributed by atoms with Gasteiger partial charge in [0.15, 0.2) is 11.5 Å². The van der Waals surface area contributed by atoms with Gasteiger partial charge in [0, 0.05) is 17.3 Å². The Bertz CT molecular complexity index is 425. The van der Waals surface area contributed by atoms with E-state index in [0.29, 0.717) is 0 Å². The number of hydrogen-bond acceptors (Lipinski definition) is 3. The molecule has 0 amide bonds. The van der Waals surface area contributed by atoms with Gasteiger partial charge in [0.2, 0.25) is 0 Å². The van der Waals surface area contributed by atoms with E-state index in [1.807, 2.05) is 12.1 Å². The van der Waals surface area contributed by atoms with Crippen molar-refractivity contribution in [1.29, 1.82) is 0 Å². The number of hydrogen-bond donors (Lipinski definition) is 1. The second kappa shape index (κ2) is 3.64. The monoisotopic (exact) mass is 284 g/mol. The molecule has 1 heterocycles. The Morgan fingerprint density at radius 3 is 2.44 bits per heavy atom. The first-order valence-corrected chi connectivity index (χ1v) is 6.33. The molecule has 0 bridgehead atoms. The van der Waals surface area contributed by atoms with E-state index in [0.717, 1.165) is 47.2 Å². The van der Waals surface area contributed by atoms with Crippen LogP contribution >= 0.6 is 15.9 Å². The van der Waals surface area contributed by atoms with Gasteiger partial charge in [-0.05, 0) is 30.5 Å². The third-order valence-corrected chi connectivity index (χ3v) is 3.98. The summed E-state index contributed by atoms with van der Waals surface area (Å²) in [4.78, 5) is 0. The smallest absolute Gasteiger partial charge is 0.251 e. The van der Waals surface area contributed by atoms with Crippen LogP contribution < -0.4 is 9.47 Å². The zero-order chi connectivity index (χ0) is 11.2. The molecule has 0 radical (unpaired) electrons. The highest BCUT2D eigenvalue weighted by Crippen LogP contribution is 2.48. The largest absolute Gasteiger partial charge is 0.448 e. The van der Waals surface area contributed by atoms with Crippen LogP contribution in [0.3, 0.4) is 0 Å². The maximum absolute atomic E-state index is 9.18. The standard InChI is InChI=1S/C12H13BrO3/c13-9-6-11-10(5-8(9)7-14)15-12(16-11)3-1-2-4-12/h5-6,14H,1-4,7H2. The van der Waals surface area contributed by atoms with Crippen LogP contribution in [0.15, 0.2) is 16.6 Å². The van der Waals surface area contributed by atoms with Gasteiger partial charge in [0.05, 0.1) is 6.61 Å². The summed E-state index contributed by atoms with van der Waals surface area (Å²) in [5.41, 5.74) is 0.831. The Hall–Kier alpha value is -0.740. The minimum absolute atomic E-state index is 0.00419. The van der Waals surface area contributed by atoms with Crippen molar-refractivity contribution in [2.45, 2.75) is 38.1 Å². The fourth-order valence-corrected chi connectivity index (χ4v) is 2.85. The molecule has 1 spiro atoms. The molecule has 0 saturated heterocycles. The van der Waals surface area contributed by atoms with E-state index < -0.39 is 5.79 Å². The summed E-state index contributed by atoms with van der Waals surface area (Å²) in [6, 6.07) is 3.74. The quantitative estimate of drug-likeness (QED) is 0.862. The zero-order valence-corrected chi connectivity index (χ0v) is 10.4. The molecule has 0 unspecified atom stereocenters. The van der Waals surface area contributed by atoms with Gasteiger partial charge in [-0.1, -0.05) is 15.9 Å². The minimum atomic E-state index is -0.421. The molecule has 0 atom stereocenters. The highest BCUT2D eigenvalue weighted by Gasteiger charge is 2.44. The molecule has 3 rings (SSSR count). The molecule has 16 heavy (non-hydrogen) atoms. The molecule has 1 aliphatic heterocycles. The fraction of sp³-hybridized carbons (Fsp3) is 0.500. The summed E-state index contributed by atoms with van der Waals surface area (Å²) < 4.78 is 12.7. The van der Waals surface area contributed by atoms with Gasteiger partial charge < -0.3 is 14.6 Å². The highest BCUT2D eigenvalue weighted by atomic mass is 79.9. The Morgan fingerprint density at radius 2 is 1.81 bits per heavy atom. The summed E-state index contributed by atoms with van der Waals surface area (Å²) >= 11 is 3.41. The molecule has 2 aliphatic rings. The lowest BCUT2D eigenvalue weighted by atomic mass is 10.2. The van der Waals surface area contributed by atoms with E-state index in [9.17, 15) is 5.11 Å². The second-order valence-corrected chi connectivity index (χ2v) is 5.22. The van der Waals surface area contributed by atoms with Crippen LogP contribution in [0.5, 0.6) is 11.5 Å². The number of rotatable bonds is 1. The predicted octanol–water partition coefficient (Wildman–Crippen LogP) is 2.98. The lowest BCUT2D eigenvalue weighted by Crippen LogP contribution is -2.34. The Kier molecular flexibility index (Phi) is 2.37. The lowest BCUT2D eigenvalue weighted by molar-refractivity contribution is -0.0716. The summed E-state index contributed by atoms with van der Waals surface area (Å²) in [6.07, 6.45) is 4.21. The van der Waals surface area contributed by atoms with Crippen molar-refractivity contribution < 1.29 is 14.6 Å². The summed E-state index contributed by atoms with van der Waals surface area (Å²) in [7, 11) is 0. The first kappa shape index (κ1) is 10.4. The minimum Gasteiger partial charge on any atom is -0.448 e. The number of aliphatic hydroxyl groups excluding tert-OH is 1. The summed E-state index contributed by atoms with van der Waals surface area (Å²) in [5.74, 6) is 1.12. The number of fused-ring (bicyclic) bond motifs is 1. The number of ether oxygens (including phenoxy) is 2. The van der Waals surface area contributed by atoms with Crippen molar-refractivity contribution in [3.63, 3.8) is 0 Å². The molecule has 86 valence electrons. The normalized spacial score (nSPS) is 20.6. The Labute approximate surface area is 102 Å². The van der Waals surface area contributed by atoms with Crippen molar-refractivity contribution in [2.24, 2.45) is 0 Å². The van der Waals surface area contributed by atoms with Gasteiger partial charge in [-0.3, -0.25) is 0 Å². The zero-order valence-electron chi connectivity index (χ0n) is 8.83. The molecule has 1 aromatic rings. The molecule has 1 aliphatic carbocycles. The van der Waals surface area contributed by atoms with E-state index in [-0.39, 0.29) is 6.61 Å². The molecule has 1 fully saturated rings. The van der Waals surface area contributed by atoms with E-state index in [1.165, 1.54) is 0 Å². The number of halogens is 1. The van der Waals surface area contributed by atoms with Gasteiger partial charge in [-0.25, -0.2) is 0 Å².